The van der Waals surface area contributed by atoms with Gasteiger partial charge in [-0.05, 0) is 26.2 Å². The number of nitrogens with zero attached hydrogens (tertiary/aromatic N) is 1. The van der Waals surface area contributed by atoms with E-state index in [1.807, 2.05) is 0 Å². The van der Waals surface area contributed by atoms with Crippen molar-refractivity contribution in [3.05, 3.63) is 0 Å². The van der Waals surface area contributed by atoms with Crippen LogP contribution in [0.3, 0.4) is 0 Å². The van der Waals surface area contributed by atoms with E-state index in [0.29, 0.717) is 0 Å². The Kier molecular flexibility index (Phi) is 2.12. The first kappa shape index (κ1) is 7.07. The van der Waals surface area contributed by atoms with Crippen LogP contribution in [0.5, 0.6) is 0 Å². The fraction of sp³-hybridized carbons (Fsp3) is 1.00. The van der Waals surface area contributed by atoms with Crippen molar-refractivity contribution in [1.82, 2.24) is 0 Å². The van der Waals surface area contributed by atoms with E-state index < -0.39 is 0 Å². The zero-order chi connectivity index (χ0) is 6.74. The lowest BCUT2D eigenvalue weighted by molar-refractivity contribution is -0.912. The second-order valence-electron chi connectivity index (χ2n) is 3.44. The Hall–Kier alpha value is -0.0400. The monoisotopic (exact) mass is 128 g/mol. The molecule has 9 heavy (non-hydrogen) atoms. The van der Waals surface area contributed by atoms with Crippen LogP contribution < -0.4 is 0 Å². The lowest BCUT2D eigenvalue weighted by Crippen LogP contribution is -2.47. The molecule has 0 aromatic carbocycles. The number of likely N-dealkylation sites (tertiary alicyclic amines) is 1. The van der Waals surface area contributed by atoms with Gasteiger partial charge in [0, 0.05) is 0 Å². The quantitative estimate of drug-likeness (QED) is 0.471. The van der Waals surface area contributed by atoms with Gasteiger partial charge in [0.1, 0.15) is 0 Å². The second-order valence-corrected chi connectivity index (χ2v) is 3.44. The van der Waals surface area contributed by atoms with E-state index in [-0.39, 0.29) is 0 Å². The highest BCUT2D eigenvalue weighted by atomic mass is 15.3. The highest BCUT2D eigenvalue weighted by Crippen LogP contribution is 2.14. The predicted octanol–water partition coefficient (Wildman–Crippen LogP) is 1.64. The summed E-state index contributed by atoms with van der Waals surface area (Å²) in [5.41, 5.74) is 0. The first-order chi connectivity index (χ1) is 4.27. The second kappa shape index (κ2) is 2.70. The summed E-state index contributed by atoms with van der Waals surface area (Å²) in [5.74, 6) is 0. The van der Waals surface area contributed by atoms with Gasteiger partial charge in [-0.15, -0.1) is 0 Å². The molecular weight excluding hydrogens is 110 g/mol. The first-order valence-electron chi connectivity index (χ1n) is 4.10. The Morgan fingerprint density at radius 3 is 2.00 bits per heavy atom. The predicted molar refractivity (Wildman–Crippen MR) is 40.3 cm³/mol. The van der Waals surface area contributed by atoms with Crippen LogP contribution in [-0.4, -0.2) is 31.2 Å². The third-order valence-electron chi connectivity index (χ3n) is 2.66. The molecule has 1 rings (SSSR count). The maximum atomic E-state index is 2.37. The molecule has 0 amide bonds. The molecule has 0 N–H and O–H groups in total. The van der Waals surface area contributed by atoms with Crippen LogP contribution in [0.2, 0.25) is 0 Å². The van der Waals surface area contributed by atoms with Crippen LogP contribution in [0.1, 0.15) is 26.2 Å². The largest absolute Gasteiger partial charge is 0.326 e. The third-order valence-corrected chi connectivity index (χ3v) is 2.66. The summed E-state index contributed by atoms with van der Waals surface area (Å²) in [6.07, 6.45) is 4.36. The lowest BCUT2D eigenvalue weighted by atomic mass is 10.1. The van der Waals surface area contributed by atoms with Gasteiger partial charge in [-0.3, -0.25) is 0 Å². The minimum absolute atomic E-state index is 1.32. The summed E-state index contributed by atoms with van der Waals surface area (Å²) in [5, 5.41) is 0. The van der Waals surface area contributed by atoms with Crippen LogP contribution in [0.4, 0.5) is 0 Å². The molecule has 0 atom stereocenters. The van der Waals surface area contributed by atoms with Gasteiger partial charge in [0.05, 0.1) is 26.7 Å². The van der Waals surface area contributed by atoms with Gasteiger partial charge in [0.15, 0.2) is 0 Å². The molecule has 1 heterocycles. The number of rotatable bonds is 1. The minimum atomic E-state index is 1.32. The van der Waals surface area contributed by atoms with Crippen LogP contribution in [-0.2, 0) is 0 Å². The summed E-state index contributed by atoms with van der Waals surface area (Å²) >= 11 is 0. The van der Waals surface area contributed by atoms with E-state index in [2.05, 4.69) is 14.0 Å². The Morgan fingerprint density at radius 1 is 1.11 bits per heavy atom. The van der Waals surface area contributed by atoms with E-state index in [1.165, 1.54) is 43.4 Å². The molecule has 0 unspecified atom stereocenters. The zero-order valence-corrected chi connectivity index (χ0v) is 6.69. The van der Waals surface area contributed by atoms with Gasteiger partial charge >= 0.3 is 0 Å². The topological polar surface area (TPSA) is 0 Å². The molecule has 0 bridgehead atoms. The summed E-state index contributed by atoms with van der Waals surface area (Å²) in [6, 6.07) is 0. The molecule has 1 fully saturated rings. The number of quaternary nitrogens is 1. The SMILES string of the molecule is CC[N+]1(C)CCCCC1. The summed E-state index contributed by atoms with van der Waals surface area (Å²) in [7, 11) is 2.37. The highest BCUT2D eigenvalue weighted by Gasteiger charge is 2.21. The number of hydrogen-bond donors (Lipinski definition) is 0. The van der Waals surface area contributed by atoms with E-state index >= 15 is 0 Å². The van der Waals surface area contributed by atoms with E-state index in [4.69, 9.17) is 0 Å². The minimum Gasteiger partial charge on any atom is -0.326 e. The molecule has 0 aromatic rings. The highest BCUT2D eigenvalue weighted by molar-refractivity contribution is 4.49. The summed E-state index contributed by atoms with van der Waals surface area (Å²) in [4.78, 5) is 0. The summed E-state index contributed by atoms with van der Waals surface area (Å²) in [6.45, 7) is 6.44. The third kappa shape index (κ3) is 1.68. The smallest absolute Gasteiger partial charge is 0.0784 e. The summed E-state index contributed by atoms with van der Waals surface area (Å²) < 4.78 is 1.32. The van der Waals surface area contributed by atoms with Crippen LogP contribution in [0.15, 0.2) is 0 Å². The lowest BCUT2D eigenvalue weighted by Gasteiger charge is -2.36. The van der Waals surface area contributed by atoms with Crippen LogP contribution in [0, 0.1) is 0 Å². The Balaban J connectivity index is 2.37. The molecule has 0 aromatic heterocycles. The van der Waals surface area contributed by atoms with Crippen molar-refractivity contribution in [2.45, 2.75) is 26.2 Å². The zero-order valence-electron chi connectivity index (χ0n) is 6.69. The molecule has 54 valence electrons. The van der Waals surface area contributed by atoms with Crippen molar-refractivity contribution in [3.8, 4) is 0 Å². The molecule has 1 heteroatoms. The maximum Gasteiger partial charge on any atom is 0.0784 e. The van der Waals surface area contributed by atoms with Crippen molar-refractivity contribution in [1.29, 1.82) is 0 Å². The van der Waals surface area contributed by atoms with E-state index in [1.54, 1.807) is 0 Å². The van der Waals surface area contributed by atoms with Crippen molar-refractivity contribution in [2.24, 2.45) is 0 Å². The van der Waals surface area contributed by atoms with Crippen molar-refractivity contribution < 1.29 is 4.48 Å². The maximum absolute atomic E-state index is 2.37. The van der Waals surface area contributed by atoms with Crippen LogP contribution in [0.25, 0.3) is 0 Å². The van der Waals surface area contributed by atoms with Crippen LogP contribution >= 0.6 is 0 Å². The van der Waals surface area contributed by atoms with Crippen molar-refractivity contribution in [3.63, 3.8) is 0 Å². The van der Waals surface area contributed by atoms with Gasteiger partial charge in [0.2, 0.25) is 0 Å². The number of hydrogen-bond acceptors (Lipinski definition) is 0. The molecule has 0 radical (unpaired) electrons. The van der Waals surface area contributed by atoms with Crippen molar-refractivity contribution in [2.75, 3.05) is 26.7 Å². The average Bonchev–Trinajstić information content (AvgIpc) is 1.90. The fourth-order valence-electron chi connectivity index (χ4n) is 1.59. The molecule has 1 aliphatic rings. The van der Waals surface area contributed by atoms with Gasteiger partial charge in [-0.2, -0.15) is 0 Å². The molecule has 1 saturated heterocycles. The normalized spacial score (nSPS) is 26.0. The van der Waals surface area contributed by atoms with Gasteiger partial charge in [-0.1, -0.05) is 0 Å². The standard InChI is InChI=1S/C8H18N/c1-3-9(2)7-5-4-6-8-9/h3-8H2,1-2H3/q+1. The Morgan fingerprint density at radius 2 is 1.67 bits per heavy atom. The van der Waals surface area contributed by atoms with E-state index in [9.17, 15) is 0 Å². The van der Waals surface area contributed by atoms with Gasteiger partial charge < -0.3 is 4.48 Å². The average molecular weight is 128 g/mol. The molecule has 0 saturated carbocycles. The van der Waals surface area contributed by atoms with Gasteiger partial charge in [-0.25, -0.2) is 0 Å². The Bertz CT molecular complexity index is 82.6. The molecule has 0 spiro atoms. The molecule has 0 aliphatic carbocycles. The van der Waals surface area contributed by atoms with E-state index in [0.717, 1.165) is 0 Å². The molecular formula is C8H18N+. The molecule has 1 nitrogen and oxygen atoms in total. The molecule has 1 aliphatic heterocycles. The number of piperidine rings is 1. The Labute approximate surface area is 58.3 Å². The van der Waals surface area contributed by atoms with Gasteiger partial charge in [0.25, 0.3) is 0 Å². The van der Waals surface area contributed by atoms with Crippen molar-refractivity contribution >= 4 is 0 Å². The first-order valence-corrected chi connectivity index (χ1v) is 4.10. The fourth-order valence-corrected chi connectivity index (χ4v) is 1.59.